The quantitative estimate of drug-likeness (QED) is 0.404. The van der Waals surface area contributed by atoms with E-state index < -0.39 is 0 Å². The maximum Gasteiger partial charge on any atom is 0.0757 e. The lowest BCUT2D eigenvalue weighted by molar-refractivity contribution is 1.26. The van der Waals surface area contributed by atoms with Crippen molar-refractivity contribution in [2.75, 3.05) is 5.75 Å². The SMILES string of the molecule is C=CCCS/C=C(\N=C)c1ccc(C)cc1. The van der Waals surface area contributed by atoms with Crippen molar-refractivity contribution in [1.82, 2.24) is 0 Å². The van der Waals surface area contributed by atoms with E-state index in [1.165, 1.54) is 5.56 Å². The van der Waals surface area contributed by atoms with Crippen LogP contribution in [-0.4, -0.2) is 12.5 Å². The zero-order chi connectivity index (χ0) is 11.8. The Morgan fingerprint density at radius 3 is 2.62 bits per heavy atom. The summed E-state index contributed by atoms with van der Waals surface area (Å²) in [5.41, 5.74) is 3.31. The van der Waals surface area contributed by atoms with E-state index in [-0.39, 0.29) is 0 Å². The predicted molar refractivity (Wildman–Crippen MR) is 76.0 cm³/mol. The van der Waals surface area contributed by atoms with Crippen molar-refractivity contribution in [3.8, 4) is 0 Å². The van der Waals surface area contributed by atoms with Crippen LogP contribution in [0.15, 0.2) is 47.3 Å². The molecular formula is C14H17NS. The van der Waals surface area contributed by atoms with Gasteiger partial charge in [0.15, 0.2) is 0 Å². The second-order valence-electron chi connectivity index (χ2n) is 3.48. The number of nitrogens with zero attached hydrogens (tertiary/aromatic N) is 1. The third-order valence-electron chi connectivity index (χ3n) is 2.15. The highest BCUT2D eigenvalue weighted by Crippen LogP contribution is 2.20. The molecule has 0 saturated heterocycles. The predicted octanol–water partition coefficient (Wildman–Crippen LogP) is 4.30. The Morgan fingerprint density at radius 2 is 2.06 bits per heavy atom. The van der Waals surface area contributed by atoms with Crippen LogP contribution in [0.25, 0.3) is 5.70 Å². The molecule has 0 N–H and O–H groups in total. The van der Waals surface area contributed by atoms with Gasteiger partial charge in [-0.25, -0.2) is 0 Å². The summed E-state index contributed by atoms with van der Waals surface area (Å²) in [5, 5.41) is 2.06. The van der Waals surface area contributed by atoms with Crippen LogP contribution < -0.4 is 0 Å². The summed E-state index contributed by atoms with van der Waals surface area (Å²) in [4.78, 5) is 4.05. The van der Waals surface area contributed by atoms with Crippen LogP contribution in [0.1, 0.15) is 17.5 Å². The Balaban J connectivity index is 2.69. The summed E-state index contributed by atoms with van der Waals surface area (Å²) in [6, 6.07) is 8.32. The highest BCUT2D eigenvalue weighted by Gasteiger charge is 1.97. The first-order valence-electron chi connectivity index (χ1n) is 5.24. The molecule has 0 heterocycles. The molecule has 1 aromatic rings. The summed E-state index contributed by atoms with van der Waals surface area (Å²) < 4.78 is 0. The van der Waals surface area contributed by atoms with Gasteiger partial charge in [-0.1, -0.05) is 35.9 Å². The molecule has 2 heteroatoms. The van der Waals surface area contributed by atoms with Crippen LogP contribution in [-0.2, 0) is 0 Å². The fourth-order valence-corrected chi connectivity index (χ4v) is 2.00. The molecule has 0 aliphatic heterocycles. The molecule has 16 heavy (non-hydrogen) atoms. The highest BCUT2D eigenvalue weighted by molar-refractivity contribution is 8.02. The summed E-state index contributed by atoms with van der Waals surface area (Å²) in [6.07, 6.45) is 2.94. The van der Waals surface area contributed by atoms with E-state index in [9.17, 15) is 0 Å². The Morgan fingerprint density at radius 1 is 1.38 bits per heavy atom. The second kappa shape index (κ2) is 7.07. The highest BCUT2D eigenvalue weighted by atomic mass is 32.2. The molecule has 84 valence electrons. The molecule has 0 saturated carbocycles. The first kappa shape index (κ1) is 12.8. The van der Waals surface area contributed by atoms with Crippen LogP contribution in [0.3, 0.4) is 0 Å². The summed E-state index contributed by atoms with van der Waals surface area (Å²) in [5.74, 6) is 1.04. The molecule has 0 amide bonds. The molecule has 1 nitrogen and oxygen atoms in total. The van der Waals surface area contributed by atoms with Gasteiger partial charge in [0, 0.05) is 11.3 Å². The molecule has 0 spiro atoms. The van der Waals surface area contributed by atoms with Gasteiger partial charge in [-0.2, -0.15) is 0 Å². The van der Waals surface area contributed by atoms with E-state index in [0.717, 1.165) is 23.4 Å². The van der Waals surface area contributed by atoms with Gasteiger partial charge in [0.2, 0.25) is 0 Å². The van der Waals surface area contributed by atoms with Gasteiger partial charge in [0.05, 0.1) is 5.70 Å². The lowest BCUT2D eigenvalue weighted by Crippen LogP contribution is -1.81. The first-order chi connectivity index (χ1) is 7.77. The minimum absolute atomic E-state index is 0.939. The van der Waals surface area contributed by atoms with E-state index in [2.05, 4.69) is 54.9 Å². The molecule has 1 aromatic carbocycles. The fourth-order valence-electron chi connectivity index (χ4n) is 1.21. The molecule has 0 aliphatic carbocycles. The number of aliphatic imine (C=N–C) groups is 1. The maximum absolute atomic E-state index is 4.05. The smallest absolute Gasteiger partial charge is 0.0757 e. The van der Waals surface area contributed by atoms with Crippen molar-refractivity contribution >= 4 is 24.2 Å². The van der Waals surface area contributed by atoms with E-state index >= 15 is 0 Å². The Hall–Kier alpha value is -1.28. The maximum atomic E-state index is 4.05. The Kier molecular flexibility index (Phi) is 5.65. The minimum atomic E-state index is 0.939. The van der Waals surface area contributed by atoms with Crippen LogP contribution >= 0.6 is 11.8 Å². The standard InChI is InChI=1S/C14H17NS/c1-4-5-10-16-11-14(15-3)13-8-6-12(2)7-9-13/h4,6-9,11H,1,3,5,10H2,2H3/b14-11-. The molecule has 0 unspecified atom stereocenters. The Bertz CT molecular complexity index is 376. The number of allylic oxidation sites excluding steroid dienone is 1. The number of rotatable bonds is 6. The number of benzene rings is 1. The average molecular weight is 231 g/mol. The fraction of sp³-hybridized carbons (Fsp3) is 0.214. The average Bonchev–Trinajstić information content (AvgIpc) is 2.31. The monoisotopic (exact) mass is 231 g/mol. The van der Waals surface area contributed by atoms with Crippen LogP contribution in [0.2, 0.25) is 0 Å². The lowest BCUT2D eigenvalue weighted by atomic mass is 10.1. The van der Waals surface area contributed by atoms with Crippen LogP contribution in [0, 0.1) is 6.92 Å². The van der Waals surface area contributed by atoms with Crippen molar-refractivity contribution in [3.63, 3.8) is 0 Å². The first-order valence-corrected chi connectivity index (χ1v) is 6.29. The van der Waals surface area contributed by atoms with E-state index in [1.54, 1.807) is 11.8 Å². The zero-order valence-corrected chi connectivity index (χ0v) is 10.5. The van der Waals surface area contributed by atoms with Gasteiger partial charge in [0.1, 0.15) is 0 Å². The number of thioether (sulfide) groups is 1. The number of hydrogen-bond acceptors (Lipinski definition) is 2. The van der Waals surface area contributed by atoms with Crippen molar-refractivity contribution < 1.29 is 0 Å². The number of hydrogen-bond donors (Lipinski definition) is 0. The van der Waals surface area contributed by atoms with Crippen molar-refractivity contribution in [2.24, 2.45) is 4.99 Å². The third kappa shape index (κ3) is 4.07. The van der Waals surface area contributed by atoms with Crippen molar-refractivity contribution in [1.29, 1.82) is 0 Å². The second-order valence-corrected chi connectivity index (χ2v) is 4.45. The lowest BCUT2D eigenvalue weighted by Gasteiger charge is -2.02. The summed E-state index contributed by atoms with van der Waals surface area (Å²) in [7, 11) is 0. The topological polar surface area (TPSA) is 12.4 Å². The van der Waals surface area contributed by atoms with E-state index in [4.69, 9.17) is 0 Å². The molecule has 0 aromatic heterocycles. The molecule has 0 radical (unpaired) electrons. The third-order valence-corrected chi connectivity index (χ3v) is 3.01. The molecule has 1 rings (SSSR count). The van der Waals surface area contributed by atoms with Crippen molar-refractivity contribution in [3.05, 3.63) is 53.5 Å². The van der Waals surface area contributed by atoms with Gasteiger partial charge in [0.25, 0.3) is 0 Å². The van der Waals surface area contributed by atoms with Gasteiger partial charge in [-0.15, -0.1) is 18.3 Å². The largest absolute Gasteiger partial charge is 0.263 e. The van der Waals surface area contributed by atoms with Crippen LogP contribution in [0.4, 0.5) is 0 Å². The van der Waals surface area contributed by atoms with Crippen LogP contribution in [0.5, 0.6) is 0 Å². The molecule has 0 bridgehead atoms. The molecule has 0 aliphatic rings. The molecular weight excluding hydrogens is 214 g/mol. The van der Waals surface area contributed by atoms with Gasteiger partial charge < -0.3 is 0 Å². The normalized spacial score (nSPS) is 11.2. The molecule has 0 atom stereocenters. The van der Waals surface area contributed by atoms with E-state index in [1.807, 2.05) is 6.08 Å². The number of aryl methyl sites for hydroxylation is 1. The minimum Gasteiger partial charge on any atom is -0.263 e. The summed E-state index contributed by atoms with van der Waals surface area (Å²) >= 11 is 1.74. The van der Waals surface area contributed by atoms with E-state index in [0.29, 0.717) is 0 Å². The molecule has 0 fully saturated rings. The van der Waals surface area contributed by atoms with Gasteiger partial charge in [-0.05, 0) is 25.5 Å². The van der Waals surface area contributed by atoms with Gasteiger partial charge in [-0.3, -0.25) is 4.99 Å². The zero-order valence-electron chi connectivity index (χ0n) is 9.65. The summed E-state index contributed by atoms with van der Waals surface area (Å²) in [6.45, 7) is 9.38. The van der Waals surface area contributed by atoms with Crippen molar-refractivity contribution in [2.45, 2.75) is 13.3 Å². The Labute approximate surface area is 102 Å². The van der Waals surface area contributed by atoms with Gasteiger partial charge >= 0.3 is 0 Å².